The average molecular weight is 436 g/mol. The Labute approximate surface area is 185 Å². The molecule has 0 spiro atoms. The molecule has 0 atom stereocenters. The Morgan fingerprint density at radius 1 is 0.688 bits per heavy atom. The van der Waals surface area contributed by atoms with Gasteiger partial charge in [0, 0.05) is 25.2 Å². The number of nitrogens with one attached hydrogen (secondary N) is 2. The molecular formula is C24H24N2O6. The molecule has 8 heteroatoms. The summed E-state index contributed by atoms with van der Waals surface area (Å²) in [7, 11) is 0. The Morgan fingerprint density at radius 3 is 1.59 bits per heavy atom. The SMILES string of the molecule is O=C(/C=C\c1ccc2c(c1)OCO2)NCCCCNC(=O)/C=C\c1ccc2c(c1)OCO2. The monoisotopic (exact) mass is 436 g/mol. The number of ether oxygens (including phenoxy) is 4. The van der Waals surface area contributed by atoms with Crippen LogP contribution in [0.4, 0.5) is 0 Å². The highest BCUT2D eigenvalue weighted by Crippen LogP contribution is 2.33. The highest BCUT2D eigenvalue weighted by atomic mass is 16.7. The molecule has 0 unspecified atom stereocenters. The summed E-state index contributed by atoms with van der Waals surface area (Å²) in [6.07, 6.45) is 7.94. The minimum Gasteiger partial charge on any atom is -0.454 e. The van der Waals surface area contributed by atoms with Crippen LogP contribution in [-0.2, 0) is 9.59 Å². The zero-order valence-corrected chi connectivity index (χ0v) is 17.5. The maximum absolute atomic E-state index is 11.9. The molecule has 32 heavy (non-hydrogen) atoms. The minimum absolute atomic E-state index is 0.168. The molecule has 166 valence electrons. The standard InChI is InChI=1S/C24H24N2O6/c27-23(9-5-17-3-7-19-21(13-17)31-15-29-19)25-11-1-2-12-26-24(28)10-6-18-4-8-20-22(14-18)32-16-30-20/h3-10,13-14H,1-2,11-12,15-16H2,(H,25,27)(H,26,28)/b9-5-,10-6-. The molecule has 0 aliphatic carbocycles. The van der Waals surface area contributed by atoms with Crippen molar-refractivity contribution in [2.24, 2.45) is 0 Å². The van der Waals surface area contributed by atoms with Crippen LogP contribution in [0.15, 0.2) is 48.6 Å². The third kappa shape index (κ3) is 5.81. The molecule has 0 bridgehead atoms. The summed E-state index contributed by atoms with van der Waals surface area (Å²) in [5.74, 6) is 2.45. The number of rotatable bonds is 9. The van der Waals surface area contributed by atoms with Crippen molar-refractivity contribution in [3.63, 3.8) is 0 Å². The van der Waals surface area contributed by atoms with Crippen LogP contribution >= 0.6 is 0 Å². The Bertz CT molecular complexity index is 963. The van der Waals surface area contributed by atoms with E-state index in [-0.39, 0.29) is 25.4 Å². The van der Waals surface area contributed by atoms with Crippen molar-refractivity contribution in [3.05, 3.63) is 59.7 Å². The van der Waals surface area contributed by atoms with Crippen LogP contribution in [0.25, 0.3) is 12.2 Å². The molecule has 0 fully saturated rings. The van der Waals surface area contributed by atoms with Crippen molar-refractivity contribution >= 4 is 24.0 Å². The second-order valence-electron chi connectivity index (χ2n) is 7.18. The molecule has 2 aromatic rings. The smallest absolute Gasteiger partial charge is 0.243 e. The van der Waals surface area contributed by atoms with Gasteiger partial charge in [0.25, 0.3) is 0 Å². The maximum atomic E-state index is 11.9. The van der Waals surface area contributed by atoms with Gasteiger partial charge in [-0.25, -0.2) is 0 Å². The number of fused-ring (bicyclic) bond motifs is 2. The van der Waals surface area contributed by atoms with Gasteiger partial charge in [0.15, 0.2) is 23.0 Å². The van der Waals surface area contributed by atoms with Gasteiger partial charge in [-0.1, -0.05) is 12.1 Å². The van der Waals surface area contributed by atoms with Gasteiger partial charge in [0.05, 0.1) is 0 Å². The molecular weight excluding hydrogens is 412 g/mol. The lowest BCUT2D eigenvalue weighted by molar-refractivity contribution is -0.117. The molecule has 2 heterocycles. The minimum atomic E-state index is -0.168. The number of unbranched alkanes of at least 4 members (excludes halogenated alkanes) is 1. The van der Waals surface area contributed by atoms with Crippen molar-refractivity contribution in [2.45, 2.75) is 12.8 Å². The number of hydrogen-bond donors (Lipinski definition) is 2. The summed E-state index contributed by atoms with van der Waals surface area (Å²) < 4.78 is 21.2. The zero-order valence-electron chi connectivity index (χ0n) is 17.5. The zero-order chi connectivity index (χ0) is 22.2. The molecule has 2 aliphatic heterocycles. The quantitative estimate of drug-likeness (QED) is 0.464. The fraction of sp³-hybridized carbons (Fsp3) is 0.250. The highest BCUT2D eigenvalue weighted by molar-refractivity contribution is 5.92. The van der Waals surface area contributed by atoms with E-state index in [4.69, 9.17) is 18.9 Å². The van der Waals surface area contributed by atoms with E-state index in [1.54, 1.807) is 12.2 Å². The van der Waals surface area contributed by atoms with Crippen molar-refractivity contribution in [1.82, 2.24) is 10.6 Å². The summed E-state index contributed by atoms with van der Waals surface area (Å²) in [6, 6.07) is 11.0. The Balaban J connectivity index is 1.09. The van der Waals surface area contributed by atoms with Crippen LogP contribution in [0.2, 0.25) is 0 Å². The largest absolute Gasteiger partial charge is 0.454 e. The molecule has 2 amide bonds. The summed E-state index contributed by atoms with van der Waals surface area (Å²) in [5, 5.41) is 5.66. The molecule has 4 rings (SSSR count). The Kier molecular flexibility index (Phi) is 6.91. The van der Waals surface area contributed by atoms with Gasteiger partial charge in [-0.05, 0) is 60.4 Å². The first-order valence-corrected chi connectivity index (χ1v) is 10.4. The van der Waals surface area contributed by atoms with Crippen molar-refractivity contribution < 1.29 is 28.5 Å². The van der Waals surface area contributed by atoms with Crippen molar-refractivity contribution in [2.75, 3.05) is 26.7 Å². The molecule has 2 N–H and O–H groups in total. The predicted octanol–water partition coefficient (Wildman–Crippen LogP) is 2.88. The van der Waals surface area contributed by atoms with E-state index in [1.165, 1.54) is 12.2 Å². The summed E-state index contributed by atoms with van der Waals surface area (Å²) in [4.78, 5) is 23.9. The van der Waals surface area contributed by atoms with Crippen LogP contribution in [0.3, 0.4) is 0 Å². The second-order valence-corrected chi connectivity index (χ2v) is 7.18. The van der Waals surface area contributed by atoms with E-state index < -0.39 is 0 Å². The van der Waals surface area contributed by atoms with Crippen LogP contribution in [0, 0.1) is 0 Å². The van der Waals surface area contributed by atoms with Gasteiger partial charge in [-0.15, -0.1) is 0 Å². The van der Waals surface area contributed by atoms with Crippen LogP contribution in [-0.4, -0.2) is 38.5 Å². The third-order valence-electron chi connectivity index (χ3n) is 4.85. The molecule has 0 aromatic heterocycles. The highest BCUT2D eigenvalue weighted by Gasteiger charge is 2.13. The van der Waals surface area contributed by atoms with E-state index >= 15 is 0 Å². The van der Waals surface area contributed by atoms with Crippen LogP contribution in [0.1, 0.15) is 24.0 Å². The van der Waals surface area contributed by atoms with E-state index in [0.717, 1.165) is 24.0 Å². The first kappa shape index (κ1) is 21.3. The molecule has 0 saturated heterocycles. The topological polar surface area (TPSA) is 95.1 Å². The number of carbonyl (C=O) groups excluding carboxylic acids is 2. The Morgan fingerprint density at radius 2 is 1.12 bits per heavy atom. The van der Waals surface area contributed by atoms with Gasteiger partial charge in [-0.3, -0.25) is 9.59 Å². The van der Waals surface area contributed by atoms with Crippen LogP contribution < -0.4 is 29.6 Å². The Hall–Kier alpha value is -3.94. The first-order valence-electron chi connectivity index (χ1n) is 10.4. The molecule has 0 radical (unpaired) electrons. The van der Waals surface area contributed by atoms with Crippen molar-refractivity contribution in [1.29, 1.82) is 0 Å². The summed E-state index contributed by atoms with van der Waals surface area (Å²) in [5.41, 5.74) is 1.72. The normalized spacial score (nSPS) is 13.6. The van der Waals surface area contributed by atoms with E-state index in [2.05, 4.69) is 10.6 Å². The summed E-state index contributed by atoms with van der Waals surface area (Å²) in [6.45, 7) is 1.51. The van der Waals surface area contributed by atoms with Gasteiger partial charge in [0.1, 0.15) is 0 Å². The van der Waals surface area contributed by atoms with Gasteiger partial charge in [0.2, 0.25) is 25.4 Å². The number of carbonyl (C=O) groups is 2. The lowest BCUT2D eigenvalue weighted by atomic mass is 10.2. The molecule has 8 nitrogen and oxygen atoms in total. The van der Waals surface area contributed by atoms with Crippen LogP contribution in [0.5, 0.6) is 23.0 Å². The lowest BCUT2D eigenvalue weighted by Gasteiger charge is -2.04. The van der Waals surface area contributed by atoms with E-state index in [0.29, 0.717) is 36.1 Å². The fourth-order valence-corrected chi connectivity index (χ4v) is 3.17. The molecule has 2 aliphatic rings. The van der Waals surface area contributed by atoms with Crippen molar-refractivity contribution in [3.8, 4) is 23.0 Å². The average Bonchev–Trinajstić information content (AvgIpc) is 3.47. The summed E-state index contributed by atoms with van der Waals surface area (Å²) >= 11 is 0. The third-order valence-corrected chi connectivity index (χ3v) is 4.85. The van der Waals surface area contributed by atoms with Gasteiger partial charge >= 0.3 is 0 Å². The van der Waals surface area contributed by atoms with E-state index in [1.807, 2.05) is 36.4 Å². The fourth-order valence-electron chi connectivity index (χ4n) is 3.17. The maximum Gasteiger partial charge on any atom is 0.243 e. The predicted molar refractivity (Wildman–Crippen MR) is 118 cm³/mol. The van der Waals surface area contributed by atoms with Gasteiger partial charge in [-0.2, -0.15) is 0 Å². The number of hydrogen-bond acceptors (Lipinski definition) is 6. The molecule has 2 aromatic carbocycles. The number of amides is 2. The first-order chi connectivity index (χ1) is 15.7. The number of benzene rings is 2. The van der Waals surface area contributed by atoms with E-state index in [9.17, 15) is 9.59 Å². The lowest BCUT2D eigenvalue weighted by Crippen LogP contribution is -2.25. The van der Waals surface area contributed by atoms with Gasteiger partial charge < -0.3 is 29.6 Å². The molecule has 0 saturated carbocycles. The second kappa shape index (κ2) is 10.4.